The molecule has 0 N–H and O–H groups in total. The first kappa shape index (κ1) is 14.6. The van der Waals surface area contributed by atoms with Gasteiger partial charge in [0.05, 0.1) is 0 Å². The van der Waals surface area contributed by atoms with E-state index in [0.717, 1.165) is 11.1 Å². The van der Waals surface area contributed by atoms with Crippen molar-refractivity contribution in [3.8, 4) is 0 Å². The molecule has 2 aromatic rings. The van der Waals surface area contributed by atoms with Gasteiger partial charge >= 0.3 is 0 Å². The second-order valence-electron chi connectivity index (χ2n) is 4.35. The summed E-state index contributed by atoms with van der Waals surface area (Å²) in [5.74, 6) is 0.174. The highest BCUT2D eigenvalue weighted by molar-refractivity contribution is 6.35. The number of hydrogen-bond acceptors (Lipinski definition) is 0. The van der Waals surface area contributed by atoms with E-state index in [-0.39, 0.29) is 11.7 Å². The van der Waals surface area contributed by atoms with Crippen LogP contribution in [0.2, 0.25) is 10.0 Å². The molecule has 0 saturated carbocycles. The van der Waals surface area contributed by atoms with Crippen molar-refractivity contribution in [3.63, 3.8) is 0 Å². The predicted molar refractivity (Wildman–Crippen MR) is 80.0 cm³/mol. The highest BCUT2D eigenvalue weighted by atomic mass is 35.5. The minimum atomic E-state index is -0.255. The van der Waals surface area contributed by atoms with Crippen LogP contribution in [0, 0.1) is 5.82 Å². The van der Waals surface area contributed by atoms with Gasteiger partial charge in [-0.15, -0.1) is 11.6 Å². The van der Waals surface area contributed by atoms with E-state index < -0.39 is 0 Å². The molecule has 4 heteroatoms. The summed E-state index contributed by atoms with van der Waals surface area (Å²) in [5.41, 5.74) is 1.84. The van der Waals surface area contributed by atoms with Gasteiger partial charge < -0.3 is 0 Å². The maximum Gasteiger partial charge on any atom is 0.123 e. The molecule has 0 aliphatic carbocycles. The molecule has 0 bridgehead atoms. The third-order valence-electron chi connectivity index (χ3n) is 2.99. The molecule has 1 atom stereocenters. The molecule has 0 aliphatic rings. The first-order valence-corrected chi connectivity index (χ1v) is 7.14. The molecule has 2 aromatic carbocycles. The average molecular weight is 318 g/mol. The smallest absolute Gasteiger partial charge is 0.123 e. The lowest BCUT2D eigenvalue weighted by molar-refractivity contribution is 0.621. The fourth-order valence-corrected chi connectivity index (χ4v) is 2.75. The molecule has 100 valence electrons. The third kappa shape index (κ3) is 3.85. The monoisotopic (exact) mass is 316 g/mol. The third-order valence-corrected chi connectivity index (χ3v) is 3.95. The van der Waals surface area contributed by atoms with E-state index in [1.165, 1.54) is 12.1 Å². The normalized spacial score (nSPS) is 12.4. The molecule has 0 aromatic heterocycles. The molecule has 0 aliphatic heterocycles. The van der Waals surface area contributed by atoms with Crippen LogP contribution in [0.4, 0.5) is 4.39 Å². The van der Waals surface area contributed by atoms with Gasteiger partial charge in [-0.1, -0.05) is 41.4 Å². The van der Waals surface area contributed by atoms with Gasteiger partial charge in [-0.3, -0.25) is 0 Å². The van der Waals surface area contributed by atoms with Gasteiger partial charge in [0.15, 0.2) is 0 Å². The Hall–Kier alpha value is -0.760. The Morgan fingerprint density at radius 3 is 2.47 bits per heavy atom. The van der Waals surface area contributed by atoms with Crippen molar-refractivity contribution < 1.29 is 4.39 Å². The van der Waals surface area contributed by atoms with Crippen LogP contribution in [0.3, 0.4) is 0 Å². The fourth-order valence-electron chi connectivity index (χ4n) is 1.97. The first-order chi connectivity index (χ1) is 9.10. The van der Waals surface area contributed by atoms with E-state index in [2.05, 4.69) is 0 Å². The summed E-state index contributed by atoms with van der Waals surface area (Å²) < 4.78 is 13.2. The average Bonchev–Trinajstić information content (AvgIpc) is 2.38. The number of halogens is 4. The van der Waals surface area contributed by atoms with E-state index >= 15 is 0 Å². The molecule has 0 saturated heterocycles. The Kier molecular flexibility index (Phi) is 5.09. The van der Waals surface area contributed by atoms with Crippen molar-refractivity contribution in [2.75, 3.05) is 5.88 Å². The lowest BCUT2D eigenvalue weighted by atomic mass is 9.93. The van der Waals surface area contributed by atoms with E-state index in [9.17, 15) is 4.39 Å². The molecule has 0 fully saturated rings. The zero-order chi connectivity index (χ0) is 13.8. The van der Waals surface area contributed by atoms with Crippen LogP contribution in [0.5, 0.6) is 0 Å². The van der Waals surface area contributed by atoms with Crippen LogP contribution < -0.4 is 0 Å². The summed E-state index contributed by atoms with van der Waals surface area (Å²) in [5, 5.41) is 1.21. The standard InChI is InChI=1S/C15H12Cl3F/c16-9-12(10-2-1-3-14(19)7-10)6-11-4-5-13(17)8-15(11)18/h1-5,7-8,12H,6,9H2. The topological polar surface area (TPSA) is 0 Å². The van der Waals surface area contributed by atoms with Crippen LogP contribution in [0.1, 0.15) is 17.0 Å². The van der Waals surface area contributed by atoms with Crippen molar-refractivity contribution in [3.05, 3.63) is 69.5 Å². The predicted octanol–water partition coefficient (Wildman–Crippen LogP) is 5.70. The van der Waals surface area contributed by atoms with E-state index in [0.29, 0.717) is 22.3 Å². The molecule has 0 nitrogen and oxygen atoms in total. The quantitative estimate of drug-likeness (QED) is 0.635. The SMILES string of the molecule is Fc1cccc(C(CCl)Cc2ccc(Cl)cc2Cl)c1. The zero-order valence-electron chi connectivity index (χ0n) is 10.0. The molecular formula is C15H12Cl3F. The molecule has 1 unspecified atom stereocenters. The molecular weight excluding hydrogens is 306 g/mol. The van der Waals surface area contributed by atoms with Gasteiger partial charge in [-0.2, -0.15) is 0 Å². The largest absolute Gasteiger partial charge is 0.207 e. The molecule has 0 spiro atoms. The van der Waals surface area contributed by atoms with Crippen molar-refractivity contribution >= 4 is 34.8 Å². The molecule has 0 heterocycles. The highest BCUT2D eigenvalue weighted by Crippen LogP contribution is 2.28. The summed E-state index contributed by atoms with van der Waals surface area (Å²) >= 11 is 18.0. The number of rotatable bonds is 4. The second-order valence-corrected chi connectivity index (χ2v) is 5.50. The summed E-state index contributed by atoms with van der Waals surface area (Å²) in [6.45, 7) is 0. The first-order valence-electron chi connectivity index (χ1n) is 5.85. The Labute approximate surface area is 127 Å². The van der Waals surface area contributed by atoms with Crippen LogP contribution in [0.25, 0.3) is 0 Å². The van der Waals surface area contributed by atoms with Gasteiger partial charge in [0, 0.05) is 21.8 Å². The Morgan fingerprint density at radius 1 is 1.05 bits per heavy atom. The molecule has 0 amide bonds. The highest BCUT2D eigenvalue weighted by Gasteiger charge is 2.14. The van der Waals surface area contributed by atoms with Crippen LogP contribution >= 0.6 is 34.8 Å². The van der Waals surface area contributed by atoms with Crippen molar-refractivity contribution in [2.24, 2.45) is 0 Å². The summed E-state index contributed by atoms with van der Waals surface area (Å²) in [7, 11) is 0. The van der Waals surface area contributed by atoms with Crippen LogP contribution in [-0.4, -0.2) is 5.88 Å². The Morgan fingerprint density at radius 2 is 1.84 bits per heavy atom. The lowest BCUT2D eigenvalue weighted by Gasteiger charge is -2.15. The fraction of sp³-hybridized carbons (Fsp3) is 0.200. The lowest BCUT2D eigenvalue weighted by Crippen LogP contribution is -2.05. The Bertz CT molecular complexity index is 569. The van der Waals surface area contributed by atoms with E-state index in [1.54, 1.807) is 18.2 Å². The van der Waals surface area contributed by atoms with Crippen molar-refractivity contribution in [2.45, 2.75) is 12.3 Å². The second kappa shape index (κ2) is 6.60. The molecule has 0 radical (unpaired) electrons. The van der Waals surface area contributed by atoms with Gasteiger partial charge in [-0.25, -0.2) is 4.39 Å². The maximum absolute atomic E-state index is 13.2. The summed E-state index contributed by atoms with van der Waals surface area (Å²) in [4.78, 5) is 0. The van der Waals surface area contributed by atoms with Crippen LogP contribution in [-0.2, 0) is 6.42 Å². The van der Waals surface area contributed by atoms with Crippen molar-refractivity contribution in [1.82, 2.24) is 0 Å². The molecule has 2 rings (SSSR count). The van der Waals surface area contributed by atoms with Gasteiger partial charge in [0.1, 0.15) is 5.82 Å². The minimum Gasteiger partial charge on any atom is -0.207 e. The van der Waals surface area contributed by atoms with E-state index in [4.69, 9.17) is 34.8 Å². The minimum absolute atomic E-state index is 0.0241. The number of hydrogen-bond donors (Lipinski definition) is 0. The van der Waals surface area contributed by atoms with Gasteiger partial charge in [0.2, 0.25) is 0 Å². The molecule has 19 heavy (non-hydrogen) atoms. The van der Waals surface area contributed by atoms with Gasteiger partial charge in [-0.05, 0) is 41.8 Å². The maximum atomic E-state index is 13.2. The van der Waals surface area contributed by atoms with Crippen molar-refractivity contribution in [1.29, 1.82) is 0 Å². The number of alkyl halides is 1. The Balaban J connectivity index is 2.24. The summed E-state index contributed by atoms with van der Waals surface area (Å²) in [6.07, 6.45) is 0.656. The van der Waals surface area contributed by atoms with Crippen LogP contribution in [0.15, 0.2) is 42.5 Å². The van der Waals surface area contributed by atoms with E-state index in [1.807, 2.05) is 12.1 Å². The summed E-state index contributed by atoms with van der Waals surface area (Å²) in [6, 6.07) is 11.9. The number of benzene rings is 2. The van der Waals surface area contributed by atoms with Gasteiger partial charge in [0.25, 0.3) is 0 Å². The zero-order valence-corrected chi connectivity index (χ0v) is 12.3.